The number of nitrogens with zero attached hydrogens (tertiary/aromatic N) is 6. The minimum Gasteiger partial charge on any atom is -0.497 e. The molecule has 3 amide bonds. The van der Waals surface area contributed by atoms with Crippen LogP contribution in [-0.2, 0) is 44.1 Å². The van der Waals surface area contributed by atoms with E-state index < -0.39 is 25.9 Å². The van der Waals surface area contributed by atoms with Gasteiger partial charge in [-0.25, -0.2) is 9.59 Å². The Morgan fingerprint density at radius 2 is 1.65 bits per heavy atom. The summed E-state index contributed by atoms with van der Waals surface area (Å²) in [4.78, 5) is 45.7. The van der Waals surface area contributed by atoms with Crippen LogP contribution in [0.5, 0.6) is 5.75 Å². The molecule has 288 valence electrons. The van der Waals surface area contributed by atoms with Crippen LogP contribution in [0.15, 0.2) is 72.9 Å². The first kappa shape index (κ1) is 36.7. The maximum absolute atomic E-state index is 15.4. The Bertz CT molecular complexity index is 2110. The molecule has 4 aliphatic heterocycles. The SMILES string of the molecule is COc1ccc([Si](C)(C)[C@H]2[C@H](CCn3cc(CCO)nn3)O[C@@]3(C(=O)N(Cc4cccc(N5CCOC5=O)c4)c4ccc(N5CCOC5=O)cc43)[C@@H]2C)cc1. The summed E-state index contributed by atoms with van der Waals surface area (Å²) < 4.78 is 25.1. The highest BCUT2D eigenvalue weighted by molar-refractivity contribution is 6.91. The lowest BCUT2D eigenvalue weighted by Gasteiger charge is -2.37. The first-order valence-electron chi connectivity index (χ1n) is 18.8. The second kappa shape index (κ2) is 14.4. The largest absolute Gasteiger partial charge is 0.497 e. The molecule has 1 N–H and O–H groups in total. The monoisotopic (exact) mass is 766 g/mol. The number of aromatic nitrogens is 3. The van der Waals surface area contributed by atoms with E-state index in [2.05, 4.69) is 42.5 Å². The fraction of sp³-hybridized carbons (Fsp3) is 0.425. The Labute approximate surface area is 320 Å². The summed E-state index contributed by atoms with van der Waals surface area (Å²) in [5.41, 5.74) is 2.96. The highest BCUT2D eigenvalue weighted by Gasteiger charge is 2.66. The van der Waals surface area contributed by atoms with E-state index in [4.69, 9.17) is 18.9 Å². The molecule has 0 aliphatic carbocycles. The molecule has 3 saturated heterocycles. The van der Waals surface area contributed by atoms with E-state index in [1.807, 2.05) is 60.8 Å². The van der Waals surface area contributed by atoms with Gasteiger partial charge in [0.25, 0.3) is 5.91 Å². The molecule has 14 nitrogen and oxygen atoms in total. The van der Waals surface area contributed by atoms with E-state index in [9.17, 15) is 14.7 Å². The number of amides is 3. The van der Waals surface area contributed by atoms with Crippen molar-refractivity contribution in [1.82, 2.24) is 15.0 Å². The van der Waals surface area contributed by atoms with E-state index in [1.165, 1.54) is 5.19 Å². The third kappa shape index (κ3) is 6.33. The van der Waals surface area contributed by atoms with Gasteiger partial charge < -0.3 is 29.0 Å². The topological polar surface area (TPSA) is 149 Å². The van der Waals surface area contributed by atoms with Gasteiger partial charge in [0.1, 0.15) is 19.0 Å². The third-order valence-corrected chi connectivity index (χ3v) is 16.2. The molecule has 1 spiro atoms. The van der Waals surface area contributed by atoms with E-state index in [-0.39, 0.29) is 43.2 Å². The minimum absolute atomic E-state index is 0.0154. The Kier molecular flexibility index (Phi) is 9.63. The second-order valence-corrected chi connectivity index (χ2v) is 19.9. The van der Waals surface area contributed by atoms with Crippen molar-refractivity contribution < 1.29 is 38.4 Å². The number of benzene rings is 3. The molecule has 3 aromatic carbocycles. The first-order valence-corrected chi connectivity index (χ1v) is 21.9. The second-order valence-electron chi connectivity index (χ2n) is 15.2. The van der Waals surface area contributed by atoms with Gasteiger partial charge in [0.05, 0.1) is 52.3 Å². The Hall–Kier alpha value is -5.25. The standard InChI is InChI=1S/C40H46N6O8Si/c1-26-36(55(3,4)32-11-9-31(51-2)10-12-32)35(14-16-43-25-28(15-19-47)41-42-43)54-40(26)33-23-30(45-18-21-53-39(45)50)8-13-34(33)46(37(40)48)24-27-6-5-7-29(22-27)44-17-20-52-38(44)49/h5-13,22-23,25-26,35-36,47H,14-21,24H2,1-4H3/t26-,35+,36-,40+/m1/s1. The summed E-state index contributed by atoms with van der Waals surface area (Å²) in [6, 6.07) is 21.6. The maximum Gasteiger partial charge on any atom is 0.414 e. The zero-order valence-corrected chi connectivity index (χ0v) is 32.5. The Morgan fingerprint density at radius 3 is 2.31 bits per heavy atom. The summed E-state index contributed by atoms with van der Waals surface area (Å²) >= 11 is 0. The molecule has 4 atom stereocenters. The van der Waals surface area contributed by atoms with Crippen molar-refractivity contribution in [3.8, 4) is 5.75 Å². The van der Waals surface area contributed by atoms with Crippen LogP contribution in [0.3, 0.4) is 0 Å². The van der Waals surface area contributed by atoms with Crippen molar-refractivity contribution in [2.75, 3.05) is 54.7 Å². The van der Waals surface area contributed by atoms with Crippen LogP contribution in [0.25, 0.3) is 0 Å². The van der Waals surface area contributed by atoms with Gasteiger partial charge >= 0.3 is 12.2 Å². The zero-order valence-electron chi connectivity index (χ0n) is 31.5. The predicted octanol–water partition coefficient (Wildman–Crippen LogP) is 4.59. The fourth-order valence-corrected chi connectivity index (χ4v) is 13.2. The van der Waals surface area contributed by atoms with Crippen molar-refractivity contribution in [2.45, 2.75) is 63.2 Å². The number of carbonyl (C=O) groups excluding carboxylic acids is 3. The van der Waals surface area contributed by atoms with Crippen molar-refractivity contribution in [3.63, 3.8) is 0 Å². The van der Waals surface area contributed by atoms with Crippen LogP contribution in [0, 0.1) is 5.92 Å². The molecule has 0 unspecified atom stereocenters. The quantitative estimate of drug-likeness (QED) is 0.203. The van der Waals surface area contributed by atoms with Gasteiger partial charge in [0, 0.05) is 48.6 Å². The molecule has 0 saturated carbocycles. The smallest absolute Gasteiger partial charge is 0.414 e. The molecular weight excluding hydrogens is 721 g/mol. The number of methoxy groups -OCH3 is 1. The number of rotatable bonds is 12. The summed E-state index contributed by atoms with van der Waals surface area (Å²) in [6.45, 7) is 9.02. The summed E-state index contributed by atoms with van der Waals surface area (Å²) in [6.07, 6.45) is 1.67. The normalized spacial score (nSPS) is 23.5. The van der Waals surface area contributed by atoms with Gasteiger partial charge in [-0.15, -0.1) is 5.10 Å². The molecule has 0 radical (unpaired) electrons. The third-order valence-electron chi connectivity index (χ3n) is 11.8. The molecule has 0 bridgehead atoms. The zero-order chi connectivity index (χ0) is 38.5. The molecule has 1 aromatic heterocycles. The lowest BCUT2D eigenvalue weighted by Crippen LogP contribution is -2.51. The molecule has 4 aromatic rings. The van der Waals surface area contributed by atoms with Crippen LogP contribution in [0.2, 0.25) is 18.6 Å². The minimum atomic E-state index is -2.44. The number of aliphatic hydroxyl groups is 1. The van der Waals surface area contributed by atoms with E-state index in [0.717, 1.165) is 16.9 Å². The highest BCUT2D eigenvalue weighted by Crippen LogP contribution is 2.60. The summed E-state index contributed by atoms with van der Waals surface area (Å²) in [5.74, 6) is 0.334. The first-order chi connectivity index (χ1) is 26.5. The number of anilines is 3. The van der Waals surface area contributed by atoms with Crippen molar-refractivity contribution in [2.24, 2.45) is 5.92 Å². The van der Waals surface area contributed by atoms with Crippen molar-refractivity contribution >= 4 is 48.4 Å². The number of hydrogen-bond acceptors (Lipinski definition) is 10. The van der Waals surface area contributed by atoms with Crippen LogP contribution in [0.1, 0.15) is 30.2 Å². The van der Waals surface area contributed by atoms with Crippen molar-refractivity contribution in [3.05, 3.63) is 89.7 Å². The molecular formula is C40H46N6O8Si. The summed E-state index contributed by atoms with van der Waals surface area (Å²) in [7, 11) is -0.783. The van der Waals surface area contributed by atoms with Gasteiger partial charge in [-0.05, 0) is 60.0 Å². The maximum atomic E-state index is 15.4. The van der Waals surface area contributed by atoms with Gasteiger partial charge in [-0.1, -0.05) is 54.7 Å². The average Bonchev–Trinajstić information content (AvgIpc) is 4.02. The molecule has 5 heterocycles. The molecule has 15 heteroatoms. The van der Waals surface area contributed by atoms with Gasteiger partial charge in [0.2, 0.25) is 0 Å². The number of carbonyl (C=O) groups is 3. The number of aliphatic hydroxyl groups excluding tert-OH is 1. The van der Waals surface area contributed by atoms with Crippen LogP contribution in [-0.4, -0.2) is 92.4 Å². The molecule has 55 heavy (non-hydrogen) atoms. The Morgan fingerprint density at radius 1 is 0.945 bits per heavy atom. The lowest BCUT2D eigenvalue weighted by molar-refractivity contribution is -0.146. The number of aryl methyl sites for hydroxylation is 1. The van der Waals surface area contributed by atoms with Crippen LogP contribution >= 0.6 is 0 Å². The molecule has 3 fully saturated rings. The number of fused-ring (bicyclic) bond motifs is 2. The number of ether oxygens (including phenoxy) is 4. The fourth-order valence-electron chi connectivity index (χ4n) is 9.09. The Balaban J connectivity index is 1.21. The highest BCUT2D eigenvalue weighted by atomic mass is 28.3. The van der Waals surface area contributed by atoms with E-state index >= 15 is 4.79 Å². The van der Waals surface area contributed by atoms with Crippen LogP contribution in [0.4, 0.5) is 26.7 Å². The van der Waals surface area contributed by atoms with Gasteiger partial charge in [-0.2, -0.15) is 0 Å². The van der Waals surface area contributed by atoms with Crippen LogP contribution < -0.4 is 24.6 Å². The van der Waals surface area contributed by atoms with Gasteiger partial charge in [0.15, 0.2) is 5.60 Å². The summed E-state index contributed by atoms with van der Waals surface area (Å²) in [5, 5.41) is 19.2. The van der Waals surface area contributed by atoms with E-state index in [1.54, 1.807) is 26.5 Å². The lowest BCUT2D eigenvalue weighted by atomic mass is 9.82. The number of hydrogen-bond donors (Lipinski definition) is 1. The van der Waals surface area contributed by atoms with Crippen molar-refractivity contribution in [1.29, 1.82) is 0 Å². The van der Waals surface area contributed by atoms with E-state index in [0.29, 0.717) is 61.8 Å². The molecule has 4 aliphatic rings. The number of cyclic esters (lactones) is 2. The average molecular weight is 767 g/mol. The predicted molar refractivity (Wildman–Crippen MR) is 206 cm³/mol. The van der Waals surface area contributed by atoms with Gasteiger partial charge in [-0.3, -0.25) is 19.3 Å². The molecule has 8 rings (SSSR count).